The molecule has 0 aliphatic carbocycles. The van der Waals surface area contributed by atoms with Crippen molar-refractivity contribution < 1.29 is 9.18 Å². The molecule has 2 aromatic carbocycles. The van der Waals surface area contributed by atoms with Crippen LogP contribution in [0.15, 0.2) is 72.4 Å². The Balaban J connectivity index is 1.78. The first kappa shape index (κ1) is 18.8. The summed E-state index contributed by atoms with van der Waals surface area (Å²) in [6, 6.07) is 15.4. The van der Waals surface area contributed by atoms with Crippen LogP contribution in [0.5, 0.6) is 0 Å². The SMILES string of the molecule is C=CCn1c(S[C@H](C)C(=O)Nc2ccccc2)nnc1-c1ccc(F)cc1. The number of hydrogen-bond donors (Lipinski definition) is 1. The molecule has 5 nitrogen and oxygen atoms in total. The molecule has 0 unspecified atom stereocenters. The van der Waals surface area contributed by atoms with Gasteiger partial charge >= 0.3 is 0 Å². The molecule has 27 heavy (non-hydrogen) atoms. The van der Waals surface area contributed by atoms with Crippen molar-refractivity contribution in [3.05, 3.63) is 73.1 Å². The lowest BCUT2D eigenvalue weighted by Crippen LogP contribution is -2.22. The van der Waals surface area contributed by atoms with E-state index in [-0.39, 0.29) is 17.0 Å². The molecule has 0 aliphatic rings. The average molecular weight is 382 g/mol. The quantitative estimate of drug-likeness (QED) is 0.486. The molecule has 1 aromatic heterocycles. The van der Waals surface area contributed by atoms with Crippen LogP contribution in [-0.4, -0.2) is 25.9 Å². The summed E-state index contributed by atoms with van der Waals surface area (Å²) in [6.07, 6.45) is 1.73. The summed E-state index contributed by atoms with van der Waals surface area (Å²) in [7, 11) is 0. The summed E-state index contributed by atoms with van der Waals surface area (Å²) in [5.74, 6) is 0.171. The zero-order valence-electron chi connectivity index (χ0n) is 14.8. The summed E-state index contributed by atoms with van der Waals surface area (Å²) in [5.41, 5.74) is 1.49. The number of hydrogen-bond acceptors (Lipinski definition) is 4. The fourth-order valence-corrected chi connectivity index (χ4v) is 3.32. The lowest BCUT2D eigenvalue weighted by Gasteiger charge is -2.13. The third kappa shape index (κ3) is 4.62. The largest absolute Gasteiger partial charge is 0.325 e. The van der Waals surface area contributed by atoms with Gasteiger partial charge in [-0.15, -0.1) is 16.8 Å². The molecular weight excluding hydrogens is 363 g/mol. The van der Waals surface area contributed by atoms with E-state index in [1.807, 2.05) is 41.8 Å². The highest BCUT2D eigenvalue weighted by Gasteiger charge is 2.20. The number of carbonyl (C=O) groups excluding carboxylic acids is 1. The molecule has 0 saturated heterocycles. The van der Waals surface area contributed by atoms with Gasteiger partial charge in [-0.1, -0.05) is 36.0 Å². The van der Waals surface area contributed by atoms with Gasteiger partial charge in [-0.2, -0.15) is 0 Å². The van der Waals surface area contributed by atoms with E-state index >= 15 is 0 Å². The third-order valence-electron chi connectivity index (χ3n) is 3.82. The zero-order valence-corrected chi connectivity index (χ0v) is 15.6. The van der Waals surface area contributed by atoms with E-state index in [0.29, 0.717) is 17.5 Å². The molecule has 1 atom stereocenters. The highest BCUT2D eigenvalue weighted by Crippen LogP contribution is 2.27. The smallest absolute Gasteiger partial charge is 0.237 e. The molecule has 0 aliphatic heterocycles. The molecule has 0 spiro atoms. The number of amides is 1. The van der Waals surface area contributed by atoms with E-state index in [1.54, 1.807) is 18.2 Å². The van der Waals surface area contributed by atoms with E-state index in [4.69, 9.17) is 0 Å². The molecule has 138 valence electrons. The average Bonchev–Trinajstić information content (AvgIpc) is 3.06. The molecule has 0 bridgehead atoms. The molecule has 0 saturated carbocycles. The highest BCUT2D eigenvalue weighted by molar-refractivity contribution is 8.00. The van der Waals surface area contributed by atoms with Gasteiger partial charge in [0.15, 0.2) is 11.0 Å². The fourth-order valence-electron chi connectivity index (χ4n) is 2.46. The Bertz CT molecular complexity index is 925. The summed E-state index contributed by atoms with van der Waals surface area (Å²) in [5, 5.41) is 11.5. The van der Waals surface area contributed by atoms with Gasteiger partial charge in [0.1, 0.15) is 5.82 Å². The monoisotopic (exact) mass is 382 g/mol. The molecule has 1 N–H and O–H groups in total. The fraction of sp³-hybridized carbons (Fsp3) is 0.150. The number of aromatic nitrogens is 3. The minimum Gasteiger partial charge on any atom is -0.325 e. The number of para-hydroxylation sites is 1. The first-order chi connectivity index (χ1) is 13.1. The zero-order chi connectivity index (χ0) is 19.2. The van der Waals surface area contributed by atoms with Gasteiger partial charge in [0, 0.05) is 17.8 Å². The molecule has 7 heteroatoms. The van der Waals surface area contributed by atoms with Gasteiger partial charge in [-0.25, -0.2) is 4.39 Å². The van der Waals surface area contributed by atoms with Gasteiger partial charge in [-0.3, -0.25) is 9.36 Å². The second kappa shape index (κ2) is 8.64. The Hall–Kier alpha value is -2.93. The van der Waals surface area contributed by atoms with E-state index in [0.717, 1.165) is 11.3 Å². The molecule has 0 fully saturated rings. The topological polar surface area (TPSA) is 59.8 Å². The number of allylic oxidation sites excluding steroid dienone is 1. The lowest BCUT2D eigenvalue weighted by atomic mass is 10.2. The number of halogens is 1. The number of rotatable bonds is 7. The molecule has 3 aromatic rings. The standard InChI is InChI=1S/C20H19FN4OS/c1-3-13-25-18(15-9-11-16(21)12-10-15)23-24-20(25)27-14(2)19(26)22-17-7-5-4-6-8-17/h3-12,14H,1,13H2,2H3,(H,22,26)/t14-/m1/s1. The second-order valence-corrected chi connectivity index (χ2v) is 7.14. The van der Waals surface area contributed by atoms with Crippen molar-refractivity contribution in [1.29, 1.82) is 0 Å². The van der Waals surface area contributed by atoms with Gasteiger partial charge in [0.25, 0.3) is 0 Å². The normalized spacial score (nSPS) is 11.8. The van der Waals surface area contributed by atoms with Gasteiger partial charge < -0.3 is 5.32 Å². The Labute approximate surface area is 161 Å². The predicted octanol–water partition coefficient (Wildman–Crippen LogP) is 4.39. The summed E-state index contributed by atoms with van der Waals surface area (Å²) < 4.78 is 15.0. The number of anilines is 1. The van der Waals surface area contributed by atoms with Crippen molar-refractivity contribution in [2.24, 2.45) is 0 Å². The first-order valence-corrected chi connectivity index (χ1v) is 9.29. The maximum absolute atomic E-state index is 13.2. The van der Waals surface area contributed by atoms with E-state index in [1.165, 1.54) is 23.9 Å². The van der Waals surface area contributed by atoms with Crippen molar-refractivity contribution in [1.82, 2.24) is 14.8 Å². The van der Waals surface area contributed by atoms with Crippen LogP contribution in [-0.2, 0) is 11.3 Å². The third-order valence-corrected chi connectivity index (χ3v) is 4.90. The predicted molar refractivity (Wildman–Crippen MR) is 106 cm³/mol. The first-order valence-electron chi connectivity index (χ1n) is 8.41. The van der Waals surface area contributed by atoms with Crippen molar-refractivity contribution >= 4 is 23.4 Å². The van der Waals surface area contributed by atoms with Crippen LogP contribution in [0.4, 0.5) is 10.1 Å². The number of benzene rings is 2. The minimum atomic E-state index is -0.376. The number of thioether (sulfide) groups is 1. The molecular formula is C20H19FN4OS. The van der Waals surface area contributed by atoms with Crippen molar-refractivity contribution in [3.8, 4) is 11.4 Å². The van der Waals surface area contributed by atoms with E-state index in [2.05, 4.69) is 22.1 Å². The van der Waals surface area contributed by atoms with E-state index < -0.39 is 0 Å². The van der Waals surface area contributed by atoms with Crippen LogP contribution in [0, 0.1) is 5.82 Å². The van der Waals surface area contributed by atoms with Crippen LogP contribution in [0.1, 0.15) is 6.92 Å². The molecule has 3 rings (SSSR count). The highest BCUT2D eigenvalue weighted by atomic mass is 32.2. The van der Waals surface area contributed by atoms with Crippen LogP contribution >= 0.6 is 11.8 Å². The Kier molecular flexibility index (Phi) is 6.03. The number of nitrogens with one attached hydrogen (secondary N) is 1. The van der Waals surface area contributed by atoms with Crippen LogP contribution in [0.3, 0.4) is 0 Å². The van der Waals surface area contributed by atoms with Crippen LogP contribution in [0.2, 0.25) is 0 Å². The van der Waals surface area contributed by atoms with Crippen LogP contribution in [0.25, 0.3) is 11.4 Å². The summed E-state index contributed by atoms with van der Waals surface area (Å²) >= 11 is 1.31. The Morgan fingerprint density at radius 1 is 1.22 bits per heavy atom. The van der Waals surface area contributed by atoms with Gasteiger partial charge in [-0.05, 0) is 43.3 Å². The minimum absolute atomic E-state index is 0.123. The van der Waals surface area contributed by atoms with Crippen molar-refractivity contribution in [3.63, 3.8) is 0 Å². The Morgan fingerprint density at radius 2 is 1.93 bits per heavy atom. The maximum Gasteiger partial charge on any atom is 0.237 e. The van der Waals surface area contributed by atoms with Crippen molar-refractivity contribution in [2.45, 2.75) is 23.9 Å². The maximum atomic E-state index is 13.2. The van der Waals surface area contributed by atoms with Crippen LogP contribution < -0.4 is 5.32 Å². The van der Waals surface area contributed by atoms with Gasteiger partial charge in [0.2, 0.25) is 5.91 Å². The Morgan fingerprint density at radius 3 is 2.59 bits per heavy atom. The van der Waals surface area contributed by atoms with Crippen molar-refractivity contribution in [2.75, 3.05) is 5.32 Å². The molecule has 1 amide bonds. The summed E-state index contributed by atoms with van der Waals surface area (Å²) in [6.45, 7) is 6.06. The molecule has 0 radical (unpaired) electrons. The van der Waals surface area contributed by atoms with E-state index in [9.17, 15) is 9.18 Å². The number of nitrogens with zero attached hydrogens (tertiary/aromatic N) is 3. The van der Waals surface area contributed by atoms with Gasteiger partial charge in [0.05, 0.1) is 5.25 Å². The lowest BCUT2D eigenvalue weighted by molar-refractivity contribution is -0.115. The molecule has 1 heterocycles. The summed E-state index contributed by atoms with van der Waals surface area (Å²) in [4.78, 5) is 12.4. The number of carbonyl (C=O) groups is 1. The second-order valence-electron chi connectivity index (χ2n) is 5.83.